The Labute approximate surface area is 374 Å². The number of benzene rings is 9. The monoisotopic (exact) mass is 822 g/mol. The molecule has 0 bridgehead atoms. The summed E-state index contributed by atoms with van der Waals surface area (Å²) >= 11 is 0. The van der Waals surface area contributed by atoms with E-state index in [9.17, 15) is 0 Å². The smallest absolute Gasteiger partial charge is 0.0542 e. The lowest BCUT2D eigenvalue weighted by molar-refractivity contribution is 0.855. The number of rotatable bonds is 11. The van der Waals surface area contributed by atoms with Crippen molar-refractivity contribution >= 4 is 67.3 Å². The second kappa shape index (κ2) is 17.2. The fraction of sp³-hybridized carbons (Fsp3) is 0.0333. The van der Waals surface area contributed by atoms with Crippen LogP contribution >= 0.6 is 0 Å². The van der Waals surface area contributed by atoms with Crippen LogP contribution in [-0.2, 0) is 0 Å². The summed E-state index contributed by atoms with van der Waals surface area (Å²) in [5, 5.41) is 6.16. The number of aromatic nitrogens is 1. The summed E-state index contributed by atoms with van der Waals surface area (Å²) in [6.45, 7) is 0. The van der Waals surface area contributed by atoms with Crippen molar-refractivity contribution in [2.24, 2.45) is 0 Å². The molecule has 11 rings (SSSR count). The Bertz CT molecular complexity index is 3250. The Kier molecular flexibility index (Phi) is 10.4. The number of nitrogens with zero attached hydrogens (tertiary/aromatic N) is 3. The molecule has 10 aromatic rings. The van der Waals surface area contributed by atoms with E-state index >= 15 is 0 Å². The predicted octanol–water partition coefficient (Wildman–Crippen LogP) is 16.7. The minimum Gasteiger partial charge on any atom is -0.355 e. The maximum atomic E-state index is 3.71. The van der Waals surface area contributed by atoms with Gasteiger partial charge in [0.05, 0.1) is 11.0 Å². The van der Waals surface area contributed by atoms with Crippen LogP contribution < -0.4 is 15.1 Å². The molecule has 0 fully saturated rings. The van der Waals surface area contributed by atoms with Gasteiger partial charge in [-0.05, 0) is 138 Å². The lowest BCUT2D eigenvalue weighted by Crippen LogP contribution is -2.11. The topological polar surface area (TPSA) is 23.4 Å². The fourth-order valence-electron chi connectivity index (χ4n) is 9.21. The quantitative estimate of drug-likeness (QED) is 0.141. The lowest BCUT2D eigenvalue weighted by atomic mass is 9.90. The molecular formula is C60H46N4. The molecule has 0 aliphatic heterocycles. The van der Waals surface area contributed by atoms with Gasteiger partial charge in [0.15, 0.2) is 0 Å². The first-order chi connectivity index (χ1) is 31.7. The average molecular weight is 823 g/mol. The van der Waals surface area contributed by atoms with Crippen molar-refractivity contribution in [1.82, 2.24) is 4.57 Å². The Morgan fingerprint density at radius 1 is 0.406 bits per heavy atom. The predicted molar refractivity (Wildman–Crippen MR) is 271 cm³/mol. The first-order valence-corrected chi connectivity index (χ1v) is 22.0. The highest BCUT2D eigenvalue weighted by atomic mass is 15.1. The van der Waals surface area contributed by atoms with E-state index in [1.165, 1.54) is 27.4 Å². The van der Waals surface area contributed by atoms with E-state index in [1.807, 2.05) is 0 Å². The first-order valence-electron chi connectivity index (χ1n) is 22.0. The van der Waals surface area contributed by atoms with Crippen LogP contribution in [0.25, 0.3) is 38.6 Å². The molecule has 1 atom stereocenters. The summed E-state index contributed by atoms with van der Waals surface area (Å²) in [6, 6.07) is 82.7. The SMILES string of the molecule is C1=CCC(c2cc(N(c3ccccc3)c3ccc(-c4ccc(N(c5ccccc5)c5ccc6c(c5)c5ccccc5n6-c5ccccc5)cc4)cc3)ccc2Nc2ccccc2)C=C1. The second-order valence-electron chi connectivity index (χ2n) is 16.2. The van der Waals surface area contributed by atoms with Crippen molar-refractivity contribution in [3.8, 4) is 16.8 Å². The Morgan fingerprint density at radius 2 is 0.906 bits per heavy atom. The zero-order valence-electron chi connectivity index (χ0n) is 35.4. The molecule has 1 N–H and O–H groups in total. The number of nitrogens with one attached hydrogen (secondary N) is 1. The molecule has 1 aromatic heterocycles. The maximum Gasteiger partial charge on any atom is 0.0542 e. The molecule has 0 radical (unpaired) electrons. The largest absolute Gasteiger partial charge is 0.355 e. The zero-order chi connectivity index (χ0) is 42.7. The van der Waals surface area contributed by atoms with Gasteiger partial charge in [0, 0.05) is 67.9 Å². The van der Waals surface area contributed by atoms with Gasteiger partial charge in [-0.1, -0.05) is 140 Å². The van der Waals surface area contributed by atoms with Gasteiger partial charge in [0.2, 0.25) is 0 Å². The van der Waals surface area contributed by atoms with Gasteiger partial charge in [-0.15, -0.1) is 0 Å². The van der Waals surface area contributed by atoms with Gasteiger partial charge >= 0.3 is 0 Å². The number of allylic oxidation sites excluding steroid dienone is 4. The molecule has 4 heteroatoms. The highest BCUT2D eigenvalue weighted by molar-refractivity contribution is 6.10. The van der Waals surface area contributed by atoms with E-state index in [0.29, 0.717) is 0 Å². The molecule has 0 saturated carbocycles. The number of fused-ring (bicyclic) bond motifs is 3. The van der Waals surface area contributed by atoms with Gasteiger partial charge in [0.1, 0.15) is 0 Å². The van der Waals surface area contributed by atoms with Crippen molar-refractivity contribution in [2.45, 2.75) is 12.3 Å². The van der Waals surface area contributed by atoms with Gasteiger partial charge < -0.3 is 19.7 Å². The minimum atomic E-state index is 0.265. The van der Waals surface area contributed by atoms with E-state index in [0.717, 1.165) is 68.7 Å². The molecule has 0 saturated heterocycles. The second-order valence-corrected chi connectivity index (χ2v) is 16.2. The normalized spacial score (nSPS) is 13.3. The van der Waals surface area contributed by atoms with Crippen molar-refractivity contribution in [2.75, 3.05) is 15.1 Å². The number of para-hydroxylation sites is 5. The summed E-state index contributed by atoms with van der Waals surface area (Å²) < 4.78 is 2.37. The molecular weight excluding hydrogens is 777 g/mol. The Hall–Kier alpha value is -8.34. The van der Waals surface area contributed by atoms with Crippen LogP contribution in [0.3, 0.4) is 0 Å². The van der Waals surface area contributed by atoms with Crippen LogP contribution in [0.15, 0.2) is 255 Å². The summed E-state index contributed by atoms with van der Waals surface area (Å²) in [6.07, 6.45) is 9.84. The van der Waals surface area contributed by atoms with Crippen molar-refractivity contribution in [1.29, 1.82) is 0 Å². The van der Waals surface area contributed by atoms with E-state index in [1.54, 1.807) is 0 Å². The van der Waals surface area contributed by atoms with Crippen LogP contribution in [0.1, 0.15) is 17.9 Å². The molecule has 4 nitrogen and oxygen atoms in total. The maximum absolute atomic E-state index is 3.71. The van der Waals surface area contributed by atoms with Gasteiger partial charge in [-0.25, -0.2) is 0 Å². The Morgan fingerprint density at radius 3 is 1.52 bits per heavy atom. The van der Waals surface area contributed by atoms with E-state index in [4.69, 9.17) is 0 Å². The van der Waals surface area contributed by atoms with Crippen LogP contribution in [0.2, 0.25) is 0 Å². The minimum absolute atomic E-state index is 0.265. The van der Waals surface area contributed by atoms with Crippen molar-refractivity contribution in [3.63, 3.8) is 0 Å². The molecule has 306 valence electrons. The van der Waals surface area contributed by atoms with Crippen LogP contribution in [0.5, 0.6) is 0 Å². The molecule has 0 spiro atoms. The van der Waals surface area contributed by atoms with Crippen LogP contribution in [-0.4, -0.2) is 4.57 Å². The lowest BCUT2D eigenvalue weighted by Gasteiger charge is -2.28. The fourth-order valence-corrected chi connectivity index (χ4v) is 9.21. The third-order valence-corrected chi connectivity index (χ3v) is 12.3. The van der Waals surface area contributed by atoms with E-state index in [-0.39, 0.29) is 5.92 Å². The molecule has 1 unspecified atom stereocenters. The molecule has 1 aliphatic carbocycles. The summed E-state index contributed by atoms with van der Waals surface area (Å²) in [4.78, 5) is 4.71. The summed E-state index contributed by atoms with van der Waals surface area (Å²) in [7, 11) is 0. The van der Waals surface area contributed by atoms with Crippen LogP contribution in [0.4, 0.5) is 45.5 Å². The Balaban J connectivity index is 0.931. The number of hydrogen-bond acceptors (Lipinski definition) is 3. The number of hydrogen-bond donors (Lipinski definition) is 1. The molecule has 64 heavy (non-hydrogen) atoms. The van der Waals surface area contributed by atoms with Gasteiger partial charge in [-0.2, -0.15) is 0 Å². The summed E-state index contributed by atoms with van der Waals surface area (Å²) in [5.74, 6) is 0.265. The zero-order valence-corrected chi connectivity index (χ0v) is 35.4. The highest BCUT2D eigenvalue weighted by Crippen LogP contribution is 2.43. The molecule has 1 heterocycles. The van der Waals surface area contributed by atoms with Gasteiger partial charge in [0.25, 0.3) is 0 Å². The molecule has 9 aromatic carbocycles. The molecule has 1 aliphatic rings. The number of anilines is 8. The average Bonchev–Trinajstić information content (AvgIpc) is 3.70. The standard InChI is InChI=1S/C60H46N4/c1-6-18-46(19-7-1)56-42-53(38-40-58(56)61-47-20-8-2-9-21-47)62(48-22-10-3-11-23-48)51-34-30-44(31-35-51)45-32-36-52(37-33-45)63(49-24-12-4-13-25-49)54-39-41-60-57(43-54)55-28-16-17-29-59(55)64(60)50-26-14-5-15-27-50/h1-18,20-43,46,61H,19H2. The van der Waals surface area contributed by atoms with Crippen molar-refractivity contribution in [3.05, 3.63) is 260 Å². The van der Waals surface area contributed by atoms with Crippen molar-refractivity contribution < 1.29 is 0 Å². The van der Waals surface area contributed by atoms with E-state index in [2.05, 4.69) is 275 Å². The third-order valence-electron chi connectivity index (χ3n) is 12.3. The third kappa shape index (κ3) is 7.52. The van der Waals surface area contributed by atoms with E-state index < -0.39 is 0 Å². The van der Waals surface area contributed by atoms with Gasteiger partial charge in [-0.3, -0.25) is 0 Å². The summed E-state index contributed by atoms with van der Waals surface area (Å²) in [5.41, 5.74) is 15.9. The first kappa shape index (κ1) is 38.6. The highest BCUT2D eigenvalue weighted by Gasteiger charge is 2.20. The molecule has 0 amide bonds. The van der Waals surface area contributed by atoms with Crippen LogP contribution in [0, 0.1) is 0 Å².